The van der Waals surface area contributed by atoms with Gasteiger partial charge in [-0.25, -0.2) is 9.59 Å². The second-order valence-corrected chi connectivity index (χ2v) is 8.65. The third-order valence-corrected chi connectivity index (χ3v) is 6.47. The quantitative estimate of drug-likeness (QED) is 0.597. The summed E-state index contributed by atoms with van der Waals surface area (Å²) >= 11 is 0. The summed E-state index contributed by atoms with van der Waals surface area (Å²) in [5.41, 5.74) is 3.06. The minimum Gasteiger partial charge on any atom is -0.487 e. The van der Waals surface area contributed by atoms with Crippen LogP contribution < -0.4 is 15.4 Å². The lowest BCUT2D eigenvalue weighted by Crippen LogP contribution is -2.44. The lowest BCUT2D eigenvalue weighted by molar-refractivity contribution is 0.0387. The highest BCUT2D eigenvalue weighted by Crippen LogP contribution is 2.47. The molecule has 1 spiro atoms. The number of rotatable bonds is 2. The van der Waals surface area contributed by atoms with E-state index in [0.29, 0.717) is 16.6 Å². The van der Waals surface area contributed by atoms with Crippen molar-refractivity contribution in [2.45, 2.75) is 50.7 Å². The Bertz CT molecular complexity index is 1200. The monoisotopic (exact) mass is 434 g/mol. The van der Waals surface area contributed by atoms with E-state index in [2.05, 4.69) is 21.8 Å². The first-order valence-corrected chi connectivity index (χ1v) is 10.9. The fraction of sp³-hybridized carbons (Fsp3) is 0.375. The molecule has 2 heterocycles. The first kappa shape index (κ1) is 20.4. The Kier molecular flexibility index (Phi) is 5.00. The van der Waals surface area contributed by atoms with Crippen LogP contribution in [0.3, 0.4) is 0 Å². The molecule has 2 N–H and O–H groups in total. The number of nitrogens with zero attached hydrogens (tertiary/aromatic N) is 2. The first-order chi connectivity index (χ1) is 15.5. The molecule has 1 atom stereocenters. The zero-order valence-electron chi connectivity index (χ0n) is 18.2. The van der Waals surface area contributed by atoms with Crippen LogP contribution in [0.2, 0.25) is 0 Å². The van der Waals surface area contributed by atoms with Gasteiger partial charge in [-0.2, -0.15) is 9.78 Å². The third-order valence-electron chi connectivity index (χ3n) is 6.47. The van der Waals surface area contributed by atoms with Crippen molar-refractivity contribution in [3.8, 4) is 5.75 Å². The molecule has 8 heteroatoms. The molecule has 2 aromatic carbocycles. The molecule has 1 aliphatic carbocycles. The van der Waals surface area contributed by atoms with Gasteiger partial charge >= 0.3 is 12.1 Å². The van der Waals surface area contributed by atoms with E-state index in [9.17, 15) is 9.59 Å². The van der Waals surface area contributed by atoms with Crippen LogP contribution in [0, 0.1) is 6.92 Å². The van der Waals surface area contributed by atoms with Crippen LogP contribution in [-0.4, -0.2) is 34.6 Å². The predicted octanol–water partition coefficient (Wildman–Crippen LogP) is 4.92. The van der Waals surface area contributed by atoms with Crippen molar-refractivity contribution in [2.75, 3.05) is 12.4 Å². The molecule has 166 valence electrons. The van der Waals surface area contributed by atoms with E-state index in [-0.39, 0.29) is 17.7 Å². The van der Waals surface area contributed by atoms with Gasteiger partial charge in [0.05, 0.1) is 30.6 Å². The van der Waals surface area contributed by atoms with Gasteiger partial charge < -0.3 is 20.1 Å². The highest BCUT2D eigenvalue weighted by atomic mass is 16.5. The second-order valence-electron chi connectivity index (χ2n) is 8.65. The first-order valence-electron chi connectivity index (χ1n) is 10.9. The van der Waals surface area contributed by atoms with Gasteiger partial charge in [-0.1, -0.05) is 23.8 Å². The summed E-state index contributed by atoms with van der Waals surface area (Å²) in [5, 5.41) is 10.8. The topological polar surface area (TPSA) is 94.5 Å². The summed E-state index contributed by atoms with van der Waals surface area (Å²) < 4.78 is 12.4. The van der Waals surface area contributed by atoms with Gasteiger partial charge in [0, 0.05) is 17.4 Å². The van der Waals surface area contributed by atoms with Crippen molar-refractivity contribution in [3.05, 3.63) is 53.7 Å². The van der Waals surface area contributed by atoms with Crippen LogP contribution >= 0.6 is 0 Å². The number of carbonyl (C=O) groups is 2. The van der Waals surface area contributed by atoms with Crippen LogP contribution in [0.15, 0.2) is 42.6 Å². The average molecular weight is 434 g/mol. The van der Waals surface area contributed by atoms with E-state index in [1.165, 1.54) is 11.8 Å². The summed E-state index contributed by atoms with van der Waals surface area (Å²) in [6, 6.07) is 11.0. The third kappa shape index (κ3) is 3.55. The van der Waals surface area contributed by atoms with E-state index in [0.717, 1.165) is 49.0 Å². The molecule has 2 amide bonds. The minimum absolute atomic E-state index is 0.145. The number of hydrogen-bond donors (Lipinski definition) is 2. The lowest BCUT2D eigenvalue weighted by atomic mass is 9.85. The van der Waals surface area contributed by atoms with Crippen molar-refractivity contribution in [1.82, 2.24) is 15.1 Å². The van der Waals surface area contributed by atoms with Crippen molar-refractivity contribution in [2.24, 2.45) is 0 Å². The Morgan fingerprint density at radius 2 is 2.03 bits per heavy atom. The van der Waals surface area contributed by atoms with E-state index in [1.54, 1.807) is 24.4 Å². The number of aromatic nitrogens is 2. The summed E-state index contributed by atoms with van der Waals surface area (Å²) in [6.45, 7) is 2.04. The van der Waals surface area contributed by atoms with Crippen LogP contribution in [0.25, 0.3) is 10.9 Å². The van der Waals surface area contributed by atoms with Gasteiger partial charge in [-0.05, 0) is 50.8 Å². The van der Waals surface area contributed by atoms with E-state index < -0.39 is 6.09 Å². The highest BCUT2D eigenvalue weighted by molar-refractivity contribution is 6.02. The highest BCUT2D eigenvalue weighted by Gasteiger charge is 2.43. The van der Waals surface area contributed by atoms with Crippen LogP contribution in [0.5, 0.6) is 5.75 Å². The molecule has 0 bridgehead atoms. The zero-order chi connectivity index (χ0) is 22.3. The fourth-order valence-corrected chi connectivity index (χ4v) is 4.95. The van der Waals surface area contributed by atoms with Gasteiger partial charge in [-0.15, -0.1) is 0 Å². The van der Waals surface area contributed by atoms with E-state index in [4.69, 9.17) is 9.47 Å². The maximum atomic E-state index is 13.0. The zero-order valence-corrected chi connectivity index (χ0v) is 18.2. The summed E-state index contributed by atoms with van der Waals surface area (Å²) in [7, 11) is 1.30. The molecule has 1 aliphatic heterocycles. The van der Waals surface area contributed by atoms with Crippen LogP contribution in [-0.2, 0) is 4.74 Å². The Labute approximate surface area is 185 Å². The van der Waals surface area contributed by atoms with Crippen molar-refractivity contribution in [1.29, 1.82) is 0 Å². The van der Waals surface area contributed by atoms with E-state index >= 15 is 0 Å². The van der Waals surface area contributed by atoms with Crippen molar-refractivity contribution < 1.29 is 19.1 Å². The molecule has 1 unspecified atom stereocenters. The normalized spacial score (nSPS) is 18.8. The smallest absolute Gasteiger partial charge is 0.434 e. The number of fused-ring (bicyclic) bond motifs is 2. The number of benzene rings is 2. The number of methoxy groups -OCH3 is 1. The molecule has 1 fully saturated rings. The lowest BCUT2D eigenvalue weighted by Gasteiger charge is -2.40. The van der Waals surface area contributed by atoms with Gasteiger partial charge in [0.1, 0.15) is 11.4 Å². The minimum atomic E-state index is -0.586. The maximum absolute atomic E-state index is 13.0. The maximum Gasteiger partial charge on any atom is 0.434 e. The standard InChI is InChI=1S/C24H26N4O4/c1-15-8-9-21-16(12-15)19(13-24(32-21)10-3-4-11-24)27-22(29)26-18-6-5-7-20-17(18)14-25-28(20)23(30)31-2/h5-9,12,14,19H,3-4,10-11,13H2,1-2H3,(H2,26,27,29). The Balaban J connectivity index is 1.40. The van der Waals surface area contributed by atoms with E-state index in [1.807, 2.05) is 19.1 Å². The number of ether oxygens (including phenoxy) is 2. The number of hydrogen-bond acceptors (Lipinski definition) is 5. The molecule has 1 saturated carbocycles. The van der Waals surface area contributed by atoms with Crippen LogP contribution in [0.1, 0.15) is 49.3 Å². The Hall–Kier alpha value is -3.55. The molecular weight excluding hydrogens is 408 g/mol. The SMILES string of the molecule is COC(=O)n1ncc2c(NC(=O)NC3CC4(CCCC4)Oc4ccc(C)cc43)cccc21. The molecular formula is C24H26N4O4. The number of amides is 2. The van der Waals surface area contributed by atoms with Crippen molar-refractivity contribution >= 4 is 28.7 Å². The molecule has 3 aromatic rings. The predicted molar refractivity (Wildman–Crippen MR) is 120 cm³/mol. The molecule has 0 radical (unpaired) electrons. The average Bonchev–Trinajstić information content (AvgIpc) is 3.41. The molecule has 5 rings (SSSR count). The Morgan fingerprint density at radius 1 is 1.22 bits per heavy atom. The number of anilines is 1. The number of aryl methyl sites for hydroxylation is 1. The van der Waals surface area contributed by atoms with Crippen molar-refractivity contribution in [3.63, 3.8) is 0 Å². The van der Waals surface area contributed by atoms with Gasteiger partial charge in [0.25, 0.3) is 0 Å². The number of carbonyl (C=O) groups excluding carboxylic acids is 2. The molecule has 2 aliphatic rings. The summed E-state index contributed by atoms with van der Waals surface area (Å²) in [6.07, 6.45) is 6.01. The summed E-state index contributed by atoms with van der Waals surface area (Å²) in [4.78, 5) is 25.0. The van der Waals surface area contributed by atoms with Gasteiger partial charge in [0.2, 0.25) is 0 Å². The molecule has 32 heavy (non-hydrogen) atoms. The molecule has 1 aromatic heterocycles. The Morgan fingerprint density at radius 3 is 2.81 bits per heavy atom. The largest absolute Gasteiger partial charge is 0.487 e. The fourth-order valence-electron chi connectivity index (χ4n) is 4.95. The number of urea groups is 1. The number of nitrogens with one attached hydrogen (secondary N) is 2. The van der Waals surface area contributed by atoms with Crippen LogP contribution in [0.4, 0.5) is 15.3 Å². The van der Waals surface area contributed by atoms with Gasteiger partial charge in [0.15, 0.2) is 0 Å². The van der Waals surface area contributed by atoms with Gasteiger partial charge in [-0.3, -0.25) is 0 Å². The summed E-state index contributed by atoms with van der Waals surface area (Å²) in [5.74, 6) is 0.857. The second kappa shape index (κ2) is 7.85. The molecule has 8 nitrogen and oxygen atoms in total. The molecule has 0 saturated heterocycles.